The number of aliphatic carboxylic acids is 1. The van der Waals surface area contributed by atoms with E-state index in [2.05, 4.69) is 40.7 Å². The lowest BCUT2D eigenvalue weighted by Crippen LogP contribution is -2.69. The molecule has 4 saturated heterocycles. The molecule has 0 radical (unpaired) electrons. The number of benzene rings is 1. The van der Waals surface area contributed by atoms with Crippen LogP contribution < -0.4 is 4.74 Å². The van der Waals surface area contributed by atoms with Crippen LogP contribution in [-0.4, -0.2) is 235 Å². The number of carboxylic acids is 1. The summed E-state index contributed by atoms with van der Waals surface area (Å²) < 4.78 is 66.2. The lowest BCUT2D eigenvalue weighted by Gasteiger charge is -2.71. The maximum absolute atomic E-state index is 15.9. The van der Waals surface area contributed by atoms with Gasteiger partial charge in [-0.1, -0.05) is 65.3 Å². The second kappa shape index (κ2) is 26.7. The number of aldehydes is 1. The molecule has 10 rings (SSSR count). The molecule has 30 atom stereocenters. The van der Waals surface area contributed by atoms with Crippen molar-refractivity contribution >= 4 is 36.2 Å². The maximum Gasteiger partial charge on any atom is 0.335 e. The first-order chi connectivity index (χ1) is 43.6. The van der Waals surface area contributed by atoms with Gasteiger partial charge in [-0.25, -0.2) is 9.59 Å². The molecule has 1 aromatic rings. The van der Waals surface area contributed by atoms with Crippen LogP contribution in [0.15, 0.2) is 42.0 Å². The number of carbonyl (C=O) groups excluding carboxylic acids is 4. The monoisotopic (exact) mass is 1320 g/mol. The normalized spacial score (nSPS) is 47.9. The van der Waals surface area contributed by atoms with E-state index in [-0.39, 0.29) is 30.6 Å². The highest BCUT2D eigenvalue weighted by molar-refractivity contribution is 5.87. The van der Waals surface area contributed by atoms with E-state index < -0.39 is 204 Å². The van der Waals surface area contributed by atoms with E-state index in [0.29, 0.717) is 49.8 Å². The first-order valence-corrected chi connectivity index (χ1v) is 32.3. The summed E-state index contributed by atoms with van der Waals surface area (Å²) in [5.74, 6) is -4.89. The smallest absolute Gasteiger partial charge is 0.335 e. The van der Waals surface area contributed by atoms with E-state index >= 15 is 4.79 Å². The molecular formula is C66H94O27. The first kappa shape index (κ1) is 71.2. The van der Waals surface area contributed by atoms with Crippen molar-refractivity contribution in [3.05, 3.63) is 47.6 Å². The fourth-order valence-corrected chi connectivity index (χ4v) is 17.8. The average Bonchev–Trinajstić information content (AvgIpc) is 0.672. The highest BCUT2D eigenvalue weighted by Crippen LogP contribution is 2.76. The van der Waals surface area contributed by atoms with E-state index in [1.54, 1.807) is 31.2 Å². The van der Waals surface area contributed by atoms with Crippen molar-refractivity contribution < 1.29 is 132 Å². The number of ether oxygens (including phenoxy) is 11. The van der Waals surface area contributed by atoms with Crippen LogP contribution in [0.3, 0.4) is 0 Å². The second-order valence-corrected chi connectivity index (χ2v) is 29.1. The molecule has 0 bridgehead atoms. The largest absolute Gasteiger partial charge is 0.497 e. The molecule has 27 heteroatoms. The maximum atomic E-state index is 15.9. The van der Waals surface area contributed by atoms with E-state index in [0.717, 1.165) is 24.9 Å². The number of esters is 3. The van der Waals surface area contributed by atoms with Gasteiger partial charge in [-0.2, -0.15) is 0 Å². The van der Waals surface area contributed by atoms with Gasteiger partial charge in [0.2, 0.25) is 6.29 Å². The van der Waals surface area contributed by atoms with E-state index in [1.807, 2.05) is 0 Å². The Labute approximate surface area is 539 Å². The molecule has 4 heterocycles. The zero-order valence-corrected chi connectivity index (χ0v) is 54.1. The number of hydrogen-bond donors (Lipinski definition) is 11. The average molecular weight is 1320 g/mol. The number of carboxylic acid groups (broad SMARTS) is 1. The summed E-state index contributed by atoms with van der Waals surface area (Å²) in [4.78, 5) is 69.2. The Balaban J connectivity index is 0.940. The lowest BCUT2D eigenvalue weighted by molar-refractivity contribution is -0.373. The Hall–Kier alpha value is -4.63. The van der Waals surface area contributed by atoms with Crippen molar-refractivity contribution in [3.63, 3.8) is 0 Å². The zero-order chi connectivity index (χ0) is 68.0. The molecule has 3 unspecified atom stereocenters. The van der Waals surface area contributed by atoms with Gasteiger partial charge in [0.15, 0.2) is 43.3 Å². The van der Waals surface area contributed by atoms with Crippen molar-refractivity contribution in [1.29, 1.82) is 0 Å². The van der Waals surface area contributed by atoms with Gasteiger partial charge < -0.3 is 113 Å². The molecule has 8 fully saturated rings. The number of aliphatic hydroxyl groups excluding tert-OH is 10. The number of hydrogen-bond acceptors (Lipinski definition) is 26. The summed E-state index contributed by atoms with van der Waals surface area (Å²) in [6.45, 7) is 15.7. The van der Waals surface area contributed by atoms with E-state index in [1.165, 1.54) is 27.0 Å². The van der Waals surface area contributed by atoms with Crippen molar-refractivity contribution in [2.24, 2.45) is 50.2 Å². The van der Waals surface area contributed by atoms with Gasteiger partial charge in [-0.15, -0.1) is 0 Å². The Morgan fingerprint density at radius 3 is 1.91 bits per heavy atom. The molecule has 5 aliphatic carbocycles. The SMILES string of the molecule is COc1ccc(/C=C\C(=O)O[C@H]2[C@@H](OC(C)=O)[C@H](O[C@@H]3O[C@@H](C)[C@H](O)[C@@H](O)[C@H]3O)[C@@H](OC(=O)[C@]34CCC(C)(C)CC3C3=CCC5[C@@]6(C)CC[C@H](O[C@@H]7O[C@H](C(=O)O)[C@@H](O)[C@H](O)[C@H]7O[C@@H]7O[C@H](CO)[C@H](O)[C@H](O)[C@H]7O)[C@@](C)(C=O)C6CC[C@@]5(C)[C@]3(C)C[C@H]4O)O[C@H]2C)cc1. The van der Waals surface area contributed by atoms with Gasteiger partial charge >= 0.3 is 23.9 Å². The van der Waals surface area contributed by atoms with Crippen molar-refractivity contribution in [2.45, 2.75) is 255 Å². The number of rotatable bonds is 16. The molecule has 11 N–H and O–H groups in total. The molecular weight excluding hydrogens is 1220 g/mol. The van der Waals surface area contributed by atoms with Gasteiger partial charge in [0.25, 0.3) is 0 Å². The summed E-state index contributed by atoms with van der Waals surface area (Å²) in [6, 6.07) is 6.81. The number of fused-ring (bicyclic) bond motifs is 7. The van der Waals surface area contributed by atoms with E-state index in [4.69, 9.17) is 52.1 Å². The third-order valence-electron chi connectivity index (χ3n) is 23.3. The highest BCUT2D eigenvalue weighted by atomic mass is 16.8. The summed E-state index contributed by atoms with van der Waals surface area (Å²) in [7, 11) is 1.52. The van der Waals surface area contributed by atoms with Gasteiger partial charge in [0.05, 0.1) is 43.5 Å². The third kappa shape index (κ3) is 12.4. The van der Waals surface area contributed by atoms with Crippen LogP contribution in [0.5, 0.6) is 5.75 Å². The molecule has 4 saturated carbocycles. The van der Waals surface area contributed by atoms with Crippen LogP contribution in [0.1, 0.15) is 126 Å². The zero-order valence-electron chi connectivity index (χ0n) is 54.1. The highest BCUT2D eigenvalue weighted by Gasteiger charge is 2.73. The van der Waals surface area contributed by atoms with E-state index in [9.17, 15) is 75.3 Å². The Morgan fingerprint density at radius 1 is 0.634 bits per heavy atom. The Morgan fingerprint density at radius 2 is 1.28 bits per heavy atom. The molecule has 27 nitrogen and oxygen atoms in total. The predicted molar refractivity (Wildman–Crippen MR) is 318 cm³/mol. The summed E-state index contributed by atoms with van der Waals surface area (Å²) in [5.41, 5.74) is -3.76. The molecule has 1 aromatic carbocycles. The van der Waals surface area contributed by atoms with Crippen molar-refractivity contribution in [2.75, 3.05) is 13.7 Å². The predicted octanol–water partition coefficient (Wildman–Crippen LogP) is 1.11. The number of aliphatic hydroxyl groups is 10. The standard InChI is InChI=1S/C66H94O27/c1-29-42(72)44(74)48(78)56(84-29)92-54-53(86-31(3)69)50(89-41(71)18-13-32-11-14-33(83-10)15-12-32)30(2)85-59(54)93-60(82)66-24-23-61(4,5)25-35(66)34-16-17-38-62(6)21-20-40(63(7,28-68)37(62)19-22-64(38,8)65(34,9)26-39(66)70)88-58-52(47(77)46(76)51(90-58)55(80)81)91-57-49(79)45(75)43(73)36(27-67)87-57/h11-16,18,28-30,35-40,42-54,56-59,67,70,72-79H,17,19-27H2,1-10H3,(H,80,81)/b18-13-/t29-,30-,35?,36+,37?,38?,39+,40-,42-,43-,44+,45-,46-,47-,48+,49+,50+,51-,52+,53+,54-,56-,57-,58+,59+,62-,63-,64+,65+,66+/m0/s1. The quantitative estimate of drug-likeness (QED) is 0.0276. The van der Waals surface area contributed by atoms with Crippen molar-refractivity contribution in [3.8, 4) is 5.75 Å². The minimum atomic E-state index is -2.10. The van der Waals surface area contributed by atoms with Gasteiger partial charge in [-0.05, 0) is 135 Å². The van der Waals surface area contributed by atoms with Crippen LogP contribution in [-0.2, 0) is 71.3 Å². The van der Waals surface area contributed by atoms with Crippen LogP contribution >= 0.6 is 0 Å². The number of carbonyl (C=O) groups is 5. The summed E-state index contributed by atoms with van der Waals surface area (Å²) in [6.07, 6.45) is -28.3. The minimum Gasteiger partial charge on any atom is -0.497 e. The minimum absolute atomic E-state index is 0.0866. The molecule has 93 heavy (non-hydrogen) atoms. The van der Waals surface area contributed by atoms with Crippen LogP contribution in [0.25, 0.3) is 6.08 Å². The number of allylic oxidation sites excluding steroid dienone is 2. The third-order valence-corrected chi connectivity index (χ3v) is 23.3. The topological polar surface area (TPSA) is 409 Å². The van der Waals surface area contributed by atoms with Crippen LogP contribution in [0.2, 0.25) is 0 Å². The summed E-state index contributed by atoms with van der Waals surface area (Å²) in [5, 5.41) is 121. The first-order valence-electron chi connectivity index (χ1n) is 32.3. The molecule has 9 aliphatic rings. The van der Waals surface area contributed by atoms with Crippen molar-refractivity contribution in [1.82, 2.24) is 0 Å². The molecule has 520 valence electrons. The number of methoxy groups -OCH3 is 1. The van der Waals surface area contributed by atoms with Gasteiger partial charge in [0, 0.05) is 13.0 Å². The Bertz CT molecular complexity index is 2960. The van der Waals surface area contributed by atoms with Gasteiger partial charge in [-0.3, -0.25) is 9.59 Å². The Kier molecular flexibility index (Phi) is 20.4. The summed E-state index contributed by atoms with van der Waals surface area (Å²) >= 11 is 0. The van der Waals surface area contributed by atoms with Crippen LogP contribution in [0, 0.1) is 50.2 Å². The molecule has 0 aromatic heterocycles. The molecule has 0 amide bonds. The fourth-order valence-electron chi connectivity index (χ4n) is 17.8. The second-order valence-electron chi connectivity index (χ2n) is 29.1. The molecule has 0 spiro atoms. The molecule has 4 aliphatic heterocycles. The lowest BCUT2D eigenvalue weighted by atomic mass is 9.33. The van der Waals surface area contributed by atoms with Crippen LogP contribution in [0.4, 0.5) is 0 Å². The fraction of sp³-hybridized carbons (Fsp3) is 0.773. The van der Waals surface area contributed by atoms with Gasteiger partial charge in [0.1, 0.15) is 78.5 Å².